The van der Waals surface area contributed by atoms with Crippen molar-refractivity contribution in [2.45, 2.75) is 44.2 Å². The quantitative estimate of drug-likeness (QED) is 0.642. The Bertz CT molecular complexity index is 206. The van der Waals surface area contributed by atoms with E-state index in [-0.39, 0.29) is 18.2 Å². The first kappa shape index (κ1) is 13.6. The highest BCUT2D eigenvalue weighted by Crippen LogP contribution is 2.17. The Balaban J connectivity index is 2.05. The predicted molar refractivity (Wildman–Crippen MR) is 67.8 cm³/mol. The summed E-state index contributed by atoms with van der Waals surface area (Å²) < 4.78 is 0. The Labute approximate surface area is 102 Å². The molecule has 1 aliphatic rings. The molecule has 1 fully saturated rings. The van der Waals surface area contributed by atoms with Crippen molar-refractivity contribution in [3.05, 3.63) is 0 Å². The van der Waals surface area contributed by atoms with Crippen molar-refractivity contribution < 1.29 is 9.90 Å². The molecule has 0 unspecified atom stereocenters. The van der Waals surface area contributed by atoms with Gasteiger partial charge in [-0.15, -0.1) is 0 Å². The molecule has 94 valence electrons. The van der Waals surface area contributed by atoms with E-state index in [1.807, 2.05) is 0 Å². The van der Waals surface area contributed by atoms with Gasteiger partial charge in [0.15, 0.2) is 0 Å². The van der Waals surface area contributed by atoms with Gasteiger partial charge in [-0.1, -0.05) is 0 Å². The third-order valence-electron chi connectivity index (χ3n) is 2.84. The number of aliphatic hydroxyl groups excluding tert-OH is 1. The van der Waals surface area contributed by atoms with Crippen LogP contribution in [0.25, 0.3) is 0 Å². The second-order valence-corrected chi connectivity index (χ2v) is 5.24. The van der Waals surface area contributed by atoms with Gasteiger partial charge in [0, 0.05) is 12.6 Å². The van der Waals surface area contributed by atoms with Crippen molar-refractivity contribution in [3.8, 4) is 0 Å². The van der Waals surface area contributed by atoms with E-state index in [1.54, 1.807) is 11.8 Å². The minimum absolute atomic E-state index is 0.0671. The molecule has 1 rings (SSSR count). The summed E-state index contributed by atoms with van der Waals surface area (Å²) in [6, 6.07) is 0.173. The lowest BCUT2D eigenvalue weighted by molar-refractivity contribution is 0.117. The van der Waals surface area contributed by atoms with Crippen LogP contribution in [-0.2, 0) is 0 Å². The lowest BCUT2D eigenvalue weighted by atomic mass is 9.93. The van der Waals surface area contributed by atoms with Crippen LogP contribution in [0.1, 0.15) is 32.1 Å². The summed E-state index contributed by atoms with van der Waals surface area (Å²) in [4.78, 5) is 11.5. The molecule has 0 spiro atoms. The predicted octanol–water partition coefficient (Wildman–Crippen LogP) is 1.34. The van der Waals surface area contributed by atoms with Gasteiger partial charge >= 0.3 is 6.03 Å². The SMILES string of the molecule is CSCCCNC(=O)NC1CCC(O)CC1. The summed E-state index contributed by atoms with van der Waals surface area (Å²) in [6.45, 7) is 0.738. The van der Waals surface area contributed by atoms with Crippen LogP contribution in [0.2, 0.25) is 0 Å². The fraction of sp³-hybridized carbons (Fsp3) is 0.909. The molecule has 0 aromatic carbocycles. The van der Waals surface area contributed by atoms with E-state index >= 15 is 0 Å². The van der Waals surface area contributed by atoms with Gasteiger partial charge in [0.1, 0.15) is 0 Å². The maximum Gasteiger partial charge on any atom is 0.315 e. The van der Waals surface area contributed by atoms with E-state index in [9.17, 15) is 9.90 Å². The van der Waals surface area contributed by atoms with Gasteiger partial charge in [-0.2, -0.15) is 11.8 Å². The highest BCUT2D eigenvalue weighted by Gasteiger charge is 2.20. The van der Waals surface area contributed by atoms with Gasteiger partial charge in [0.05, 0.1) is 6.10 Å². The van der Waals surface area contributed by atoms with Crippen LogP contribution in [0.15, 0.2) is 0 Å². The lowest BCUT2D eigenvalue weighted by Crippen LogP contribution is -2.44. The largest absolute Gasteiger partial charge is 0.393 e. The smallest absolute Gasteiger partial charge is 0.315 e. The first-order chi connectivity index (χ1) is 7.72. The molecule has 0 aliphatic heterocycles. The highest BCUT2D eigenvalue weighted by molar-refractivity contribution is 7.98. The number of thioether (sulfide) groups is 1. The molecule has 0 aromatic rings. The van der Waals surface area contributed by atoms with Crippen LogP contribution in [0.5, 0.6) is 0 Å². The molecule has 0 radical (unpaired) electrons. The number of hydrogen-bond donors (Lipinski definition) is 3. The second kappa shape index (κ2) is 7.79. The normalized spacial score (nSPS) is 25.1. The molecular formula is C11H22N2O2S. The molecule has 16 heavy (non-hydrogen) atoms. The molecule has 2 amide bonds. The third kappa shape index (κ3) is 5.61. The average Bonchev–Trinajstić information content (AvgIpc) is 2.28. The van der Waals surface area contributed by atoms with Crippen molar-refractivity contribution in [1.29, 1.82) is 0 Å². The van der Waals surface area contributed by atoms with Crippen LogP contribution in [0, 0.1) is 0 Å². The van der Waals surface area contributed by atoms with Crippen LogP contribution in [-0.4, -0.2) is 41.8 Å². The standard InChI is InChI=1S/C11H22N2O2S/c1-16-8-2-7-12-11(15)13-9-3-5-10(14)6-4-9/h9-10,14H,2-8H2,1H3,(H2,12,13,15). The maximum atomic E-state index is 11.5. The summed E-state index contributed by atoms with van der Waals surface area (Å²) in [5, 5.41) is 15.1. The minimum Gasteiger partial charge on any atom is -0.393 e. The number of urea groups is 1. The number of carbonyl (C=O) groups excluding carboxylic acids is 1. The first-order valence-electron chi connectivity index (χ1n) is 5.93. The molecule has 0 heterocycles. The Morgan fingerprint density at radius 1 is 1.38 bits per heavy atom. The van der Waals surface area contributed by atoms with E-state index < -0.39 is 0 Å². The summed E-state index contributed by atoms with van der Waals surface area (Å²) in [7, 11) is 0. The fourth-order valence-corrected chi connectivity index (χ4v) is 2.31. The van der Waals surface area contributed by atoms with E-state index in [4.69, 9.17) is 0 Å². The molecule has 4 nitrogen and oxygen atoms in total. The van der Waals surface area contributed by atoms with Gasteiger partial charge in [-0.3, -0.25) is 0 Å². The number of hydrogen-bond acceptors (Lipinski definition) is 3. The second-order valence-electron chi connectivity index (χ2n) is 4.25. The Morgan fingerprint density at radius 3 is 2.69 bits per heavy atom. The van der Waals surface area contributed by atoms with Crippen LogP contribution >= 0.6 is 11.8 Å². The van der Waals surface area contributed by atoms with E-state index in [1.165, 1.54) is 0 Å². The third-order valence-corrected chi connectivity index (χ3v) is 3.54. The van der Waals surface area contributed by atoms with Gasteiger partial charge in [0.2, 0.25) is 0 Å². The van der Waals surface area contributed by atoms with Gasteiger partial charge in [-0.05, 0) is 44.1 Å². The Morgan fingerprint density at radius 2 is 2.06 bits per heavy atom. The molecular weight excluding hydrogens is 224 g/mol. The summed E-state index contributed by atoms with van der Waals surface area (Å²) in [5.41, 5.74) is 0. The fourth-order valence-electron chi connectivity index (χ4n) is 1.88. The van der Waals surface area contributed by atoms with Crippen molar-refractivity contribution in [3.63, 3.8) is 0 Å². The summed E-state index contributed by atoms with van der Waals surface area (Å²) in [6.07, 6.45) is 6.29. The highest BCUT2D eigenvalue weighted by atomic mass is 32.2. The zero-order chi connectivity index (χ0) is 11.8. The summed E-state index contributed by atoms with van der Waals surface area (Å²) >= 11 is 1.79. The molecule has 3 N–H and O–H groups in total. The van der Waals surface area contributed by atoms with Gasteiger partial charge in [-0.25, -0.2) is 4.79 Å². The number of carbonyl (C=O) groups is 1. The number of nitrogens with one attached hydrogen (secondary N) is 2. The molecule has 1 saturated carbocycles. The van der Waals surface area contributed by atoms with Crippen LogP contribution in [0.4, 0.5) is 4.79 Å². The molecule has 5 heteroatoms. The number of aliphatic hydroxyl groups is 1. The molecule has 0 aromatic heterocycles. The average molecular weight is 246 g/mol. The van der Waals surface area contributed by atoms with Crippen molar-refractivity contribution in [2.24, 2.45) is 0 Å². The van der Waals surface area contributed by atoms with Crippen LogP contribution in [0.3, 0.4) is 0 Å². The molecule has 0 bridgehead atoms. The minimum atomic E-state index is -0.164. The zero-order valence-corrected chi connectivity index (χ0v) is 10.7. The van der Waals surface area contributed by atoms with Crippen molar-refractivity contribution in [2.75, 3.05) is 18.6 Å². The van der Waals surface area contributed by atoms with Gasteiger partial charge < -0.3 is 15.7 Å². The van der Waals surface area contributed by atoms with Crippen molar-refractivity contribution in [1.82, 2.24) is 10.6 Å². The zero-order valence-electron chi connectivity index (χ0n) is 9.87. The Kier molecular flexibility index (Phi) is 6.64. The molecule has 1 aliphatic carbocycles. The number of rotatable bonds is 5. The molecule has 0 atom stereocenters. The maximum absolute atomic E-state index is 11.5. The number of amides is 2. The van der Waals surface area contributed by atoms with Crippen LogP contribution < -0.4 is 10.6 Å². The van der Waals surface area contributed by atoms with Crippen molar-refractivity contribution >= 4 is 17.8 Å². The van der Waals surface area contributed by atoms with E-state index in [2.05, 4.69) is 16.9 Å². The van der Waals surface area contributed by atoms with Gasteiger partial charge in [0.25, 0.3) is 0 Å². The summed E-state index contributed by atoms with van der Waals surface area (Å²) in [5.74, 6) is 1.08. The van der Waals surface area contributed by atoms with E-state index in [0.29, 0.717) is 0 Å². The topological polar surface area (TPSA) is 61.4 Å². The Hall–Kier alpha value is -0.420. The lowest BCUT2D eigenvalue weighted by Gasteiger charge is -2.26. The monoisotopic (exact) mass is 246 g/mol. The first-order valence-corrected chi connectivity index (χ1v) is 7.33. The molecule has 0 saturated heterocycles. The van der Waals surface area contributed by atoms with E-state index in [0.717, 1.165) is 44.4 Å².